The largest absolute Gasteiger partial charge is 0.395 e. The van der Waals surface area contributed by atoms with Gasteiger partial charge < -0.3 is 20.9 Å². The molecule has 0 aliphatic carbocycles. The number of aliphatic hydroxyl groups is 1. The quantitative estimate of drug-likeness (QED) is 0.379. The maximum Gasteiger partial charge on any atom is 0.221 e. The molecule has 0 radical (unpaired) electrons. The number of hydrogen-bond donors (Lipinski definition) is 3. The Morgan fingerprint density at radius 3 is 2.93 bits per heavy atom. The summed E-state index contributed by atoms with van der Waals surface area (Å²) in [5.41, 5.74) is 9.63. The number of nitrogens with zero attached hydrogens (tertiary/aromatic N) is 2. The van der Waals surface area contributed by atoms with E-state index < -0.39 is 0 Å². The van der Waals surface area contributed by atoms with Crippen molar-refractivity contribution in [3.63, 3.8) is 0 Å². The molecule has 0 spiro atoms. The lowest BCUT2D eigenvalue weighted by Crippen LogP contribution is -2.26. The number of carbonyl (C=O) groups excluding carboxylic acids is 1. The molecule has 0 saturated heterocycles. The van der Waals surface area contributed by atoms with Crippen LogP contribution in [0, 0.1) is 0 Å². The summed E-state index contributed by atoms with van der Waals surface area (Å²) in [6.07, 6.45) is 0.311. The minimum atomic E-state index is -0.118. The molecule has 0 unspecified atom stereocenters. The molecule has 2 heterocycles. The Kier molecular flexibility index (Phi) is 6.38. The van der Waals surface area contributed by atoms with Crippen LogP contribution in [0.1, 0.15) is 17.5 Å². The number of nitrogens with one attached hydrogen (secondary N) is 1. The van der Waals surface area contributed by atoms with Gasteiger partial charge >= 0.3 is 0 Å². The third-order valence-electron chi connectivity index (χ3n) is 4.79. The average molecular weight is 445 g/mol. The van der Waals surface area contributed by atoms with Crippen molar-refractivity contribution in [2.24, 2.45) is 0 Å². The van der Waals surface area contributed by atoms with Crippen molar-refractivity contribution in [3.05, 3.63) is 46.5 Å². The summed E-state index contributed by atoms with van der Waals surface area (Å²) in [4.78, 5) is 20.4. The summed E-state index contributed by atoms with van der Waals surface area (Å²) in [6, 6.07) is 9.85. The maximum absolute atomic E-state index is 11.7. The molecule has 1 aromatic heterocycles. The van der Waals surface area contributed by atoms with E-state index >= 15 is 0 Å². The molecule has 1 amide bonds. The van der Waals surface area contributed by atoms with Crippen LogP contribution in [-0.2, 0) is 22.7 Å². The number of benzene rings is 2. The zero-order valence-corrected chi connectivity index (χ0v) is 17.7. The van der Waals surface area contributed by atoms with Crippen LogP contribution in [0.3, 0.4) is 0 Å². The first-order chi connectivity index (χ1) is 14.6. The fraction of sp³-hybridized carbons (Fsp3) is 0.286. The highest BCUT2D eigenvalue weighted by Gasteiger charge is 2.20. The van der Waals surface area contributed by atoms with Crippen LogP contribution in [-0.4, -0.2) is 39.9 Å². The highest BCUT2D eigenvalue weighted by atomic mass is 35.5. The molecule has 30 heavy (non-hydrogen) atoms. The van der Waals surface area contributed by atoms with E-state index in [9.17, 15) is 4.79 Å². The first kappa shape index (κ1) is 20.9. The van der Waals surface area contributed by atoms with Gasteiger partial charge in [-0.25, -0.2) is 9.97 Å². The molecule has 7 nitrogen and oxygen atoms in total. The number of anilines is 1. The van der Waals surface area contributed by atoms with Crippen LogP contribution in [0.4, 0.5) is 5.95 Å². The molecular weight excluding hydrogens is 424 g/mol. The second-order valence-corrected chi connectivity index (χ2v) is 8.37. The molecule has 156 valence electrons. The van der Waals surface area contributed by atoms with Crippen LogP contribution < -0.4 is 11.1 Å². The summed E-state index contributed by atoms with van der Waals surface area (Å²) in [6.45, 7) is 1.27. The Labute approximate surface area is 183 Å². The lowest BCUT2D eigenvalue weighted by molar-refractivity contribution is -0.120. The SMILES string of the molecule is Nc1nc(SCCC(=O)NCCO)cc(-c2c(Cl)cc3c4c(cccc24)COC3)n1. The number of ether oxygens (including phenoxy) is 1. The van der Waals surface area contributed by atoms with Crippen molar-refractivity contribution < 1.29 is 14.6 Å². The van der Waals surface area contributed by atoms with Crippen LogP contribution in [0.5, 0.6) is 0 Å². The van der Waals surface area contributed by atoms with Gasteiger partial charge in [-0.1, -0.05) is 29.8 Å². The Morgan fingerprint density at radius 1 is 1.27 bits per heavy atom. The lowest BCUT2D eigenvalue weighted by Gasteiger charge is -2.20. The average Bonchev–Trinajstić information content (AvgIpc) is 2.72. The van der Waals surface area contributed by atoms with Gasteiger partial charge in [0.1, 0.15) is 5.03 Å². The molecule has 0 bridgehead atoms. The van der Waals surface area contributed by atoms with Gasteiger partial charge in [0.2, 0.25) is 11.9 Å². The third-order valence-corrected chi connectivity index (χ3v) is 6.00. The maximum atomic E-state index is 11.7. The molecule has 9 heteroatoms. The second kappa shape index (κ2) is 9.18. The van der Waals surface area contributed by atoms with Gasteiger partial charge in [0.05, 0.1) is 30.5 Å². The number of carbonyl (C=O) groups is 1. The fourth-order valence-electron chi connectivity index (χ4n) is 3.56. The van der Waals surface area contributed by atoms with E-state index in [4.69, 9.17) is 27.2 Å². The summed E-state index contributed by atoms with van der Waals surface area (Å²) < 4.78 is 5.66. The molecular formula is C21H21ClN4O3S. The fourth-order valence-corrected chi connectivity index (χ4v) is 4.74. The molecule has 0 atom stereocenters. The van der Waals surface area contributed by atoms with Gasteiger partial charge in [0.15, 0.2) is 0 Å². The summed E-state index contributed by atoms with van der Waals surface area (Å²) in [5.74, 6) is 0.564. The third kappa shape index (κ3) is 4.37. The number of halogens is 1. The van der Waals surface area contributed by atoms with E-state index in [1.165, 1.54) is 11.8 Å². The topological polar surface area (TPSA) is 110 Å². The van der Waals surface area contributed by atoms with Crippen LogP contribution in [0.2, 0.25) is 5.02 Å². The predicted octanol–water partition coefficient (Wildman–Crippen LogP) is 3.15. The summed E-state index contributed by atoms with van der Waals surface area (Å²) >= 11 is 8.08. The Bertz CT molecular complexity index is 1110. The lowest BCUT2D eigenvalue weighted by atomic mass is 9.93. The second-order valence-electron chi connectivity index (χ2n) is 6.85. The Balaban J connectivity index is 1.65. The van der Waals surface area contributed by atoms with Gasteiger partial charge in [-0.3, -0.25) is 4.79 Å². The van der Waals surface area contributed by atoms with Crippen molar-refractivity contribution in [2.45, 2.75) is 24.7 Å². The molecule has 0 saturated carbocycles. The van der Waals surface area contributed by atoms with E-state index in [2.05, 4.69) is 21.4 Å². The minimum absolute atomic E-state index is 0.0773. The number of hydrogen-bond acceptors (Lipinski definition) is 7. The highest BCUT2D eigenvalue weighted by molar-refractivity contribution is 7.99. The zero-order chi connectivity index (χ0) is 21.1. The van der Waals surface area contributed by atoms with E-state index in [1.807, 2.05) is 24.3 Å². The van der Waals surface area contributed by atoms with E-state index in [0.29, 0.717) is 41.1 Å². The zero-order valence-electron chi connectivity index (χ0n) is 16.2. The molecule has 4 rings (SSSR count). The summed E-state index contributed by atoms with van der Waals surface area (Å²) in [5, 5.41) is 14.8. The molecule has 2 aromatic carbocycles. The van der Waals surface area contributed by atoms with Crippen LogP contribution >= 0.6 is 23.4 Å². The Morgan fingerprint density at radius 2 is 2.10 bits per heavy atom. The van der Waals surface area contributed by atoms with E-state index in [0.717, 1.165) is 27.5 Å². The number of aliphatic hydroxyl groups excluding tert-OH is 1. The van der Waals surface area contributed by atoms with Crippen LogP contribution in [0.25, 0.3) is 22.0 Å². The van der Waals surface area contributed by atoms with Crippen molar-refractivity contribution in [2.75, 3.05) is 24.6 Å². The Hall–Kier alpha value is -2.39. The van der Waals surface area contributed by atoms with E-state index in [1.54, 1.807) is 0 Å². The van der Waals surface area contributed by atoms with Crippen molar-refractivity contribution in [1.29, 1.82) is 0 Å². The van der Waals surface area contributed by atoms with Crippen molar-refractivity contribution in [3.8, 4) is 11.3 Å². The van der Waals surface area contributed by atoms with Gasteiger partial charge in [-0.05, 0) is 34.0 Å². The molecule has 1 aliphatic rings. The molecule has 0 fully saturated rings. The van der Waals surface area contributed by atoms with Gasteiger partial charge in [0.25, 0.3) is 0 Å². The molecule has 3 aromatic rings. The number of rotatable bonds is 7. The van der Waals surface area contributed by atoms with Gasteiger partial charge in [-0.2, -0.15) is 0 Å². The smallest absolute Gasteiger partial charge is 0.221 e. The van der Waals surface area contributed by atoms with E-state index in [-0.39, 0.29) is 25.0 Å². The monoisotopic (exact) mass is 444 g/mol. The van der Waals surface area contributed by atoms with Gasteiger partial charge in [0, 0.05) is 24.3 Å². The standard InChI is InChI=1S/C21H21ClN4O3S/c22-15-8-13-11-29-10-12-2-1-3-14(19(12)13)20(15)16-9-18(26-21(23)25-16)30-7-4-17(28)24-5-6-27/h1-3,8-9,27H,4-7,10-11H2,(H,24,28)(H2,23,25,26). The predicted molar refractivity (Wildman–Crippen MR) is 118 cm³/mol. The molecule has 4 N–H and O–H groups in total. The number of amides is 1. The highest BCUT2D eigenvalue weighted by Crippen LogP contribution is 2.40. The normalized spacial score (nSPS) is 12.9. The van der Waals surface area contributed by atoms with Crippen LogP contribution in [0.15, 0.2) is 35.4 Å². The first-order valence-corrected chi connectivity index (χ1v) is 10.9. The number of nitrogens with two attached hydrogens (primary N) is 1. The summed E-state index contributed by atoms with van der Waals surface area (Å²) in [7, 11) is 0. The number of aromatic nitrogens is 2. The van der Waals surface area contributed by atoms with Crippen molar-refractivity contribution in [1.82, 2.24) is 15.3 Å². The number of thioether (sulfide) groups is 1. The first-order valence-electron chi connectivity index (χ1n) is 9.53. The molecule has 1 aliphatic heterocycles. The van der Waals surface area contributed by atoms with Gasteiger partial charge in [-0.15, -0.1) is 11.8 Å². The minimum Gasteiger partial charge on any atom is -0.395 e. The van der Waals surface area contributed by atoms with Crippen molar-refractivity contribution >= 4 is 46.0 Å². The number of nitrogen functional groups attached to an aromatic ring is 1.